The average molecular weight is 342 g/mol. The zero-order chi connectivity index (χ0) is 13.8. The monoisotopic (exact) mass is 341 g/mol. The maximum absolute atomic E-state index is 11.4. The van der Waals surface area contributed by atoms with Gasteiger partial charge in [0.15, 0.2) is 6.04 Å². The first kappa shape index (κ1) is 13.9. The van der Waals surface area contributed by atoms with Crippen LogP contribution < -0.4 is 10.1 Å². The van der Waals surface area contributed by atoms with Crippen LogP contribution in [0.5, 0.6) is 5.75 Å². The van der Waals surface area contributed by atoms with Crippen molar-refractivity contribution in [2.75, 3.05) is 12.4 Å². The van der Waals surface area contributed by atoms with Gasteiger partial charge in [-0.25, -0.2) is 4.79 Å². The van der Waals surface area contributed by atoms with Crippen molar-refractivity contribution in [2.45, 2.75) is 6.04 Å². The van der Waals surface area contributed by atoms with Gasteiger partial charge >= 0.3 is 5.97 Å². The summed E-state index contributed by atoms with van der Waals surface area (Å²) >= 11 is 4.73. The lowest BCUT2D eigenvalue weighted by Crippen LogP contribution is -2.19. The third kappa shape index (κ3) is 3.27. The summed E-state index contributed by atoms with van der Waals surface area (Å²) in [6.07, 6.45) is 0. The highest BCUT2D eigenvalue weighted by Crippen LogP contribution is 2.32. The van der Waals surface area contributed by atoms with Crippen LogP contribution in [0.2, 0.25) is 0 Å². The topological polar surface area (TPSA) is 58.6 Å². The predicted molar refractivity (Wildman–Crippen MR) is 79.0 cm³/mol. The molecule has 4 nitrogen and oxygen atoms in total. The summed E-state index contributed by atoms with van der Waals surface area (Å²) in [6.45, 7) is 0. The molecule has 0 aliphatic heterocycles. The Morgan fingerprint density at radius 3 is 2.68 bits per heavy atom. The van der Waals surface area contributed by atoms with Crippen LogP contribution in [0, 0.1) is 0 Å². The molecule has 19 heavy (non-hydrogen) atoms. The molecule has 2 rings (SSSR count). The van der Waals surface area contributed by atoms with Gasteiger partial charge in [-0.3, -0.25) is 0 Å². The number of halogens is 1. The van der Waals surface area contributed by atoms with E-state index >= 15 is 0 Å². The van der Waals surface area contributed by atoms with Crippen LogP contribution in [-0.2, 0) is 4.79 Å². The number of nitrogens with one attached hydrogen (secondary N) is 1. The number of carboxylic acid groups (broad SMARTS) is 1. The van der Waals surface area contributed by atoms with Gasteiger partial charge in [0.05, 0.1) is 16.6 Å². The molecular weight excluding hydrogens is 330 g/mol. The van der Waals surface area contributed by atoms with Crippen molar-refractivity contribution in [3.05, 3.63) is 45.1 Å². The Morgan fingerprint density at radius 1 is 1.37 bits per heavy atom. The standard InChI is InChI=1S/C13H12BrNO3S/c1-18-9-5-3-2-4-8(9)15-12(13(16)17)10-6-7-11(14)19-10/h2-7,12,15H,1H3,(H,16,17). The van der Waals surface area contributed by atoms with Crippen molar-refractivity contribution in [2.24, 2.45) is 0 Å². The first-order valence-corrected chi connectivity index (χ1v) is 7.10. The lowest BCUT2D eigenvalue weighted by atomic mass is 10.2. The summed E-state index contributed by atoms with van der Waals surface area (Å²) < 4.78 is 6.10. The molecule has 0 saturated carbocycles. The van der Waals surface area contributed by atoms with Crippen molar-refractivity contribution in [3.8, 4) is 5.75 Å². The van der Waals surface area contributed by atoms with Crippen LogP contribution >= 0.6 is 27.3 Å². The van der Waals surface area contributed by atoms with E-state index in [-0.39, 0.29) is 0 Å². The van der Waals surface area contributed by atoms with Crippen LogP contribution in [0.4, 0.5) is 5.69 Å². The number of carbonyl (C=O) groups is 1. The van der Waals surface area contributed by atoms with Crippen LogP contribution in [0.25, 0.3) is 0 Å². The summed E-state index contributed by atoms with van der Waals surface area (Å²) in [5.41, 5.74) is 0.655. The number of aliphatic carboxylic acids is 1. The van der Waals surface area contributed by atoms with E-state index in [2.05, 4.69) is 21.2 Å². The summed E-state index contributed by atoms with van der Waals surface area (Å²) in [6, 6.07) is 10.1. The largest absolute Gasteiger partial charge is 0.495 e. The molecule has 1 heterocycles. The van der Waals surface area contributed by atoms with Crippen molar-refractivity contribution in [1.29, 1.82) is 0 Å². The van der Waals surface area contributed by atoms with E-state index in [1.165, 1.54) is 11.3 Å². The average Bonchev–Trinajstić information content (AvgIpc) is 2.82. The van der Waals surface area contributed by atoms with E-state index in [4.69, 9.17) is 4.74 Å². The summed E-state index contributed by atoms with van der Waals surface area (Å²) in [4.78, 5) is 12.1. The Bertz CT molecular complexity index is 585. The van der Waals surface area contributed by atoms with Crippen LogP contribution in [0.3, 0.4) is 0 Å². The molecule has 2 N–H and O–H groups in total. The quantitative estimate of drug-likeness (QED) is 0.869. The van der Waals surface area contributed by atoms with Crippen LogP contribution in [0.15, 0.2) is 40.2 Å². The molecule has 1 unspecified atom stereocenters. The fraction of sp³-hybridized carbons (Fsp3) is 0.154. The number of rotatable bonds is 5. The molecule has 0 aliphatic rings. The number of anilines is 1. The van der Waals surface area contributed by atoms with Crippen LogP contribution in [-0.4, -0.2) is 18.2 Å². The van der Waals surface area contributed by atoms with E-state index < -0.39 is 12.0 Å². The molecule has 0 fully saturated rings. The number of hydrogen-bond acceptors (Lipinski definition) is 4. The molecule has 1 aromatic heterocycles. The summed E-state index contributed by atoms with van der Waals surface area (Å²) in [5.74, 6) is -0.315. The van der Waals surface area contributed by atoms with E-state index in [0.29, 0.717) is 11.4 Å². The number of para-hydroxylation sites is 2. The number of carboxylic acids is 1. The molecule has 1 aromatic carbocycles. The first-order chi connectivity index (χ1) is 9.11. The highest BCUT2D eigenvalue weighted by atomic mass is 79.9. The molecule has 100 valence electrons. The Hall–Kier alpha value is -1.53. The van der Waals surface area contributed by atoms with Crippen LogP contribution in [0.1, 0.15) is 10.9 Å². The smallest absolute Gasteiger partial charge is 0.331 e. The molecule has 0 spiro atoms. The van der Waals surface area contributed by atoms with E-state index in [1.54, 1.807) is 25.3 Å². The molecule has 1 atom stereocenters. The van der Waals surface area contributed by atoms with Gasteiger partial charge in [0.2, 0.25) is 0 Å². The lowest BCUT2D eigenvalue weighted by Gasteiger charge is -2.16. The normalized spacial score (nSPS) is 11.9. The Kier molecular flexibility index (Phi) is 4.44. The minimum atomic E-state index is -0.930. The van der Waals surface area contributed by atoms with Gasteiger partial charge in [0, 0.05) is 4.88 Å². The van der Waals surface area contributed by atoms with Gasteiger partial charge in [0.25, 0.3) is 0 Å². The number of benzene rings is 1. The second kappa shape index (κ2) is 6.08. The van der Waals surface area contributed by atoms with E-state index in [1.807, 2.05) is 18.2 Å². The maximum atomic E-state index is 11.4. The van der Waals surface area contributed by atoms with Gasteiger partial charge in [-0.05, 0) is 40.2 Å². The molecular formula is C13H12BrNO3S. The fourth-order valence-corrected chi connectivity index (χ4v) is 3.13. The number of methoxy groups -OCH3 is 1. The Labute approximate surface area is 123 Å². The molecule has 0 amide bonds. The van der Waals surface area contributed by atoms with Gasteiger partial charge in [-0.15, -0.1) is 11.3 Å². The molecule has 6 heteroatoms. The first-order valence-electron chi connectivity index (χ1n) is 5.49. The minimum Gasteiger partial charge on any atom is -0.495 e. The van der Waals surface area contributed by atoms with Gasteiger partial charge in [-0.1, -0.05) is 12.1 Å². The predicted octanol–water partition coefficient (Wildman–Crippen LogP) is 3.76. The second-order valence-electron chi connectivity index (χ2n) is 3.76. The van der Waals surface area contributed by atoms with Crippen molar-refractivity contribution in [3.63, 3.8) is 0 Å². The van der Waals surface area contributed by atoms with Crippen molar-refractivity contribution >= 4 is 38.9 Å². The van der Waals surface area contributed by atoms with E-state index in [0.717, 1.165) is 8.66 Å². The summed E-state index contributed by atoms with van der Waals surface area (Å²) in [7, 11) is 1.55. The fourth-order valence-electron chi connectivity index (χ4n) is 1.66. The van der Waals surface area contributed by atoms with Gasteiger partial charge < -0.3 is 15.2 Å². The van der Waals surface area contributed by atoms with Gasteiger partial charge in [-0.2, -0.15) is 0 Å². The Balaban J connectivity index is 2.29. The molecule has 0 radical (unpaired) electrons. The number of hydrogen-bond donors (Lipinski definition) is 2. The third-order valence-electron chi connectivity index (χ3n) is 2.53. The van der Waals surface area contributed by atoms with Crippen molar-refractivity contribution in [1.82, 2.24) is 0 Å². The van der Waals surface area contributed by atoms with Crippen molar-refractivity contribution < 1.29 is 14.6 Å². The number of ether oxygens (including phenoxy) is 1. The molecule has 2 aromatic rings. The Morgan fingerprint density at radius 2 is 2.11 bits per heavy atom. The maximum Gasteiger partial charge on any atom is 0.331 e. The molecule has 0 saturated heterocycles. The third-order valence-corrected chi connectivity index (χ3v) is 4.22. The SMILES string of the molecule is COc1ccccc1NC(C(=O)O)c1ccc(Br)s1. The molecule has 0 aliphatic carbocycles. The van der Waals surface area contributed by atoms with E-state index in [9.17, 15) is 9.90 Å². The number of thiophene rings is 1. The zero-order valence-corrected chi connectivity index (χ0v) is 12.5. The zero-order valence-electron chi connectivity index (χ0n) is 10.1. The van der Waals surface area contributed by atoms with Gasteiger partial charge in [0.1, 0.15) is 5.75 Å². The molecule has 0 bridgehead atoms. The second-order valence-corrected chi connectivity index (χ2v) is 6.25. The summed E-state index contributed by atoms with van der Waals surface area (Å²) in [5, 5.41) is 12.3. The highest BCUT2D eigenvalue weighted by molar-refractivity contribution is 9.11. The highest BCUT2D eigenvalue weighted by Gasteiger charge is 2.22. The minimum absolute atomic E-state index is 0.615. The lowest BCUT2D eigenvalue weighted by molar-refractivity contribution is -0.138.